The molecule has 2 aromatic carbocycles. The van der Waals surface area contributed by atoms with Gasteiger partial charge in [0, 0.05) is 6.04 Å². The molecule has 1 aliphatic carbocycles. The molecule has 0 spiro atoms. The van der Waals surface area contributed by atoms with Crippen LogP contribution in [0.4, 0.5) is 0 Å². The Labute approximate surface area is 141 Å². The minimum Gasteiger partial charge on any atom is -0.462 e. The molecule has 0 radical (unpaired) electrons. The van der Waals surface area contributed by atoms with Crippen molar-refractivity contribution in [3.05, 3.63) is 65.2 Å². The zero-order valence-electron chi connectivity index (χ0n) is 13.4. The summed E-state index contributed by atoms with van der Waals surface area (Å²) >= 11 is 0. The van der Waals surface area contributed by atoms with Crippen molar-refractivity contribution < 1.29 is 17.9 Å². The SMILES string of the molecule is CCOC(=O)c1ccc(S(=O)(=O)N[C@@H]2CCc3ccccc32)cc1. The number of aryl methyl sites for hydroxylation is 1. The first-order valence-electron chi connectivity index (χ1n) is 7.88. The maximum atomic E-state index is 12.6. The van der Waals surface area contributed by atoms with Crippen LogP contribution in [-0.2, 0) is 21.2 Å². The third-order valence-corrected chi connectivity index (χ3v) is 5.59. The van der Waals surface area contributed by atoms with E-state index >= 15 is 0 Å². The Morgan fingerprint density at radius 3 is 2.58 bits per heavy atom. The second-order valence-corrected chi connectivity index (χ2v) is 7.37. The molecule has 6 heteroatoms. The fourth-order valence-electron chi connectivity index (χ4n) is 2.92. The van der Waals surface area contributed by atoms with Crippen LogP contribution in [0.2, 0.25) is 0 Å². The lowest BCUT2D eigenvalue weighted by atomic mass is 10.1. The first-order valence-corrected chi connectivity index (χ1v) is 9.37. The number of nitrogens with one attached hydrogen (secondary N) is 1. The average molecular weight is 345 g/mol. The summed E-state index contributed by atoms with van der Waals surface area (Å²) in [5, 5.41) is 0. The van der Waals surface area contributed by atoms with E-state index in [1.54, 1.807) is 6.92 Å². The summed E-state index contributed by atoms with van der Waals surface area (Å²) in [4.78, 5) is 11.8. The molecule has 3 rings (SSSR count). The van der Waals surface area contributed by atoms with E-state index in [-0.39, 0.29) is 17.5 Å². The largest absolute Gasteiger partial charge is 0.462 e. The Hall–Kier alpha value is -2.18. The molecule has 0 aliphatic heterocycles. The van der Waals surface area contributed by atoms with Crippen molar-refractivity contribution in [2.45, 2.75) is 30.7 Å². The van der Waals surface area contributed by atoms with E-state index in [4.69, 9.17) is 4.74 Å². The number of benzene rings is 2. The second kappa shape index (κ2) is 6.75. The lowest BCUT2D eigenvalue weighted by Crippen LogP contribution is -2.27. The lowest BCUT2D eigenvalue weighted by Gasteiger charge is -2.14. The third kappa shape index (κ3) is 3.34. The number of carbonyl (C=O) groups excluding carboxylic acids is 1. The molecular weight excluding hydrogens is 326 g/mol. The molecule has 0 saturated carbocycles. The smallest absolute Gasteiger partial charge is 0.338 e. The first kappa shape index (κ1) is 16.7. The molecule has 24 heavy (non-hydrogen) atoms. The van der Waals surface area contributed by atoms with Crippen LogP contribution < -0.4 is 4.72 Å². The fraction of sp³-hybridized carbons (Fsp3) is 0.278. The molecule has 0 heterocycles. The minimum atomic E-state index is -3.64. The van der Waals surface area contributed by atoms with Crippen LogP contribution in [0, 0.1) is 0 Å². The second-order valence-electron chi connectivity index (χ2n) is 5.66. The Morgan fingerprint density at radius 1 is 1.17 bits per heavy atom. The maximum Gasteiger partial charge on any atom is 0.338 e. The standard InChI is InChI=1S/C18H19NO4S/c1-2-23-18(20)14-7-10-15(11-8-14)24(21,22)19-17-12-9-13-5-3-4-6-16(13)17/h3-8,10-11,17,19H,2,9,12H2,1H3/t17-/m1/s1. The molecule has 126 valence electrons. The zero-order chi connectivity index (χ0) is 17.2. The maximum absolute atomic E-state index is 12.6. The average Bonchev–Trinajstić information content (AvgIpc) is 2.98. The molecule has 0 amide bonds. The number of hydrogen-bond donors (Lipinski definition) is 1. The van der Waals surface area contributed by atoms with E-state index in [9.17, 15) is 13.2 Å². The minimum absolute atomic E-state index is 0.139. The zero-order valence-corrected chi connectivity index (χ0v) is 14.2. The Balaban J connectivity index is 1.78. The van der Waals surface area contributed by atoms with Crippen LogP contribution >= 0.6 is 0 Å². The van der Waals surface area contributed by atoms with E-state index in [2.05, 4.69) is 4.72 Å². The molecule has 0 aromatic heterocycles. The van der Waals surface area contributed by atoms with Gasteiger partial charge in [-0.25, -0.2) is 17.9 Å². The summed E-state index contributed by atoms with van der Waals surface area (Å²) in [7, 11) is -3.64. The van der Waals surface area contributed by atoms with Crippen LogP contribution in [-0.4, -0.2) is 21.0 Å². The lowest BCUT2D eigenvalue weighted by molar-refractivity contribution is 0.0526. The Kier molecular flexibility index (Phi) is 4.69. The first-order chi connectivity index (χ1) is 11.5. The fourth-order valence-corrected chi connectivity index (χ4v) is 4.17. The number of fused-ring (bicyclic) bond motifs is 1. The van der Waals surface area contributed by atoms with Gasteiger partial charge < -0.3 is 4.74 Å². The van der Waals surface area contributed by atoms with Crippen molar-refractivity contribution in [1.29, 1.82) is 0 Å². The van der Waals surface area contributed by atoms with Gasteiger partial charge in [0.15, 0.2) is 0 Å². The van der Waals surface area contributed by atoms with Gasteiger partial charge in [0.05, 0.1) is 17.1 Å². The molecule has 0 fully saturated rings. The van der Waals surface area contributed by atoms with Crippen molar-refractivity contribution in [3.63, 3.8) is 0 Å². The highest BCUT2D eigenvalue weighted by atomic mass is 32.2. The summed E-state index contributed by atoms with van der Waals surface area (Å²) in [5.41, 5.74) is 2.55. The van der Waals surface area contributed by atoms with Gasteiger partial charge >= 0.3 is 5.97 Å². The number of sulfonamides is 1. The number of rotatable bonds is 5. The van der Waals surface area contributed by atoms with Crippen LogP contribution in [0.1, 0.15) is 40.9 Å². The molecular formula is C18H19NO4S. The monoisotopic (exact) mass is 345 g/mol. The van der Waals surface area contributed by atoms with E-state index in [0.717, 1.165) is 18.4 Å². The molecule has 1 atom stereocenters. The molecule has 0 bridgehead atoms. The van der Waals surface area contributed by atoms with Crippen molar-refractivity contribution in [2.75, 3.05) is 6.61 Å². The molecule has 0 saturated heterocycles. The normalized spacial score (nSPS) is 16.6. The van der Waals surface area contributed by atoms with Crippen molar-refractivity contribution in [2.24, 2.45) is 0 Å². The Morgan fingerprint density at radius 2 is 1.88 bits per heavy atom. The molecule has 0 unspecified atom stereocenters. The summed E-state index contributed by atoms with van der Waals surface area (Å²) in [6.07, 6.45) is 1.62. The predicted octanol–water partition coefficient (Wildman–Crippen LogP) is 2.83. The topological polar surface area (TPSA) is 72.5 Å². The van der Waals surface area contributed by atoms with Gasteiger partial charge in [0.1, 0.15) is 0 Å². The molecule has 2 aromatic rings. The summed E-state index contributed by atoms with van der Waals surface area (Å²) in [5.74, 6) is -0.459. The van der Waals surface area contributed by atoms with E-state index in [0.29, 0.717) is 5.56 Å². The third-order valence-electron chi connectivity index (χ3n) is 4.11. The van der Waals surface area contributed by atoms with Crippen LogP contribution in [0.25, 0.3) is 0 Å². The number of ether oxygens (including phenoxy) is 1. The van der Waals surface area contributed by atoms with Gasteiger partial charge in [-0.2, -0.15) is 0 Å². The summed E-state index contributed by atoms with van der Waals surface area (Å²) < 4.78 is 32.8. The van der Waals surface area contributed by atoms with E-state index in [1.165, 1.54) is 29.8 Å². The van der Waals surface area contributed by atoms with Crippen LogP contribution in [0.15, 0.2) is 53.4 Å². The summed E-state index contributed by atoms with van der Waals surface area (Å²) in [6, 6.07) is 13.4. The van der Waals surface area contributed by atoms with Crippen LogP contribution in [0.5, 0.6) is 0 Å². The Bertz CT molecular complexity index is 844. The number of esters is 1. The van der Waals surface area contributed by atoms with E-state index < -0.39 is 16.0 Å². The molecule has 1 N–H and O–H groups in total. The summed E-state index contributed by atoms with van der Waals surface area (Å²) in [6.45, 7) is 2.00. The molecule has 1 aliphatic rings. The van der Waals surface area contributed by atoms with Gasteiger partial charge in [-0.15, -0.1) is 0 Å². The number of hydrogen-bond acceptors (Lipinski definition) is 4. The van der Waals surface area contributed by atoms with Crippen molar-refractivity contribution in [3.8, 4) is 0 Å². The number of carbonyl (C=O) groups is 1. The highest BCUT2D eigenvalue weighted by Crippen LogP contribution is 2.32. The van der Waals surface area contributed by atoms with Gasteiger partial charge in [-0.3, -0.25) is 0 Å². The van der Waals surface area contributed by atoms with Crippen molar-refractivity contribution in [1.82, 2.24) is 4.72 Å². The predicted molar refractivity (Wildman–Crippen MR) is 90.2 cm³/mol. The highest BCUT2D eigenvalue weighted by Gasteiger charge is 2.27. The van der Waals surface area contributed by atoms with Crippen molar-refractivity contribution >= 4 is 16.0 Å². The highest BCUT2D eigenvalue weighted by molar-refractivity contribution is 7.89. The van der Waals surface area contributed by atoms with Gasteiger partial charge in [0.25, 0.3) is 0 Å². The van der Waals surface area contributed by atoms with Crippen LogP contribution in [0.3, 0.4) is 0 Å². The molecule has 5 nitrogen and oxygen atoms in total. The van der Waals surface area contributed by atoms with E-state index in [1.807, 2.05) is 24.3 Å². The van der Waals surface area contributed by atoms with Gasteiger partial charge in [0.2, 0.25) is 10.0 Å². The quantitative estimate of drug-likeness (QED) is 0.846. The van der Waals surface area contributed by atoms with Gasteiger partial charge in [-0.1, -0.05) is 24.3 Å². The van der Waals surface area contributed by atoms with Gasteiger partial charge in [-0.05, 0) is 55.2 Å².